The third-order valence-electron chi connectivity index (χ3n) is 6.59. The molecule has 0 N–H and O–H groups in total. The topological polar surface area (TPSA) is 66.4 Å². The van der Waals surface area contributed by atoms with Crippen LogP contribution in [0.4, 0.5) is 4.39 Å². The molecule has 2 amide bonds. The van der Waals surface area contributed by atoms with Gasteiger partial charge >= 0.3 is 0 Å². The Balaban J connectivity index is 1.44. The van der Waals surface area contributed by atoms with E-state index in [0.717, 1.165) is 5.56 Å². The van der Waals surface area contributed by atoms with Crippen LogP contribution in [0.3, 0.4) is 0 Å². The van der Waals surface area contributed by atoms with Gasteiger partial charge in [-0.05, 0) is 48.4 Å². The molecule has 6 nitrogen and oxygen atoms in total. The van der Waals surface area contributed by atoms with Gasteiger partial charge in [0.1, 0.15) is 5.82 Å². The molecule has 0 unspecified atom stereocenters. The van der Waals surface area contributed by atoms with Crippen LogP contribution in [0.5, 0.6) is 0 Å². The zero-order chi connectivity index (χ0) is 22.1. The molecule has 0 saturated carbocycles. The summed E-state index contributed by atoms with van der Waals surface area (Å²) in [5.74, 6) is -0.305. The predicted molar refractivity (Wildman–Crippen MR) is 116 cm³/mol. The molecule has 2 fully saturated rings. The molecule has 0 bridgehead atoms. The third-order valence-corrected chi connectivity index (χ3v) is 6.59. The SMILES string of the molecule is O=C(c1cccnc1)N1CC[C@@H]2[C@H](C1)[C@@H](c1ccc(F)cc1)CN2C(=O)c1cccnc1. The van der Waals surface area contributed by atoms with Gasteiger partial charge in [-0.3, -0.25) is 19.6 Å². The minimum atomic E-state index is -0.288. The molecule has 7 heteroatoms. The number of hydrogen-bond acceptors (Lipinski definition) is 4. The van der Waals surface area contributed by atoms with E-state index in [1.165, 1.54) is 12.1 Å². The van der Waals surface area contributed by atoms with E-state index in [0.29, 0.717) is 37.2 Å². The van der Waals surface area contributed by atoms with Crippen LogP contribution in [0.2, 0.25) is 0 Å². The molecule has 162 valence electrons. The number of benzene rings is 1. The fourth-order valence-corrected chi connectivity index (χ4v) is 5.04. The molecule has 2 saturated heterocycles. The number of carbonyl (C=O) groups excluding carboxylic acids is 2. The summed E-state index contributed by atoms with van der Waals surface area (Å²) in [6.07, 6.45) is 7.16. The molecule has 32 heavy (non-hydrogen) atoms. The van der Waals surface area contributed by atoms with Crippen LogP contribution in [-0.2, 0) is 0 Å². The molecule has 3 aromatic rings. The summed E-state index contributed by atoms with van der Waals surface area (Å²) in [4.78, 5) is 38.3. The first kappa shape index (κ1) is 20.3. The summed E-state index contributed by atoms with van der Waals surface area (Å²) in [7, 11) is 0. The van der Waals surface area contributed by atoms with Crippen molar-refractivity contribution in [1.82, 2.24) is 19.8 Å². The van der Waals surface area contributed by atoms with E-state index in [1.54, 1.807) is 61.2 Å². The second-order valence-electron chi connectivity index (χ2n) is 8.37. The zero-order valence-electron chi connectivity index (χ0n) is 17.5. The summed E-state index contributed by atoms with van der Waals surface area (Å²) in [6.45, 7) is 1.64. The number of rotatable bonds is 3. The van der Waals surface area contributed by atoms with Gasteiger partial charge in [-0.2, -0.15) is 0 Å². The smallest absolute Gasteiger partial charge is 0.255 e. The normalized spacial score (nSPS) is 22.5. The number of hydrogen-bond donors (Lipinski definition) is 0. The van der Waals surface area contributed by atoms with E-state index < -0.39 is 0 Å². The van der Waals surface area contributed by atoms with Crippen molar-refractivity contribution in [1.29, 1.82) is 0 Å². The molecule has 2 aliphatic rings. The average Bonchev–Trinajstić information content (AvgIpc) is 3.23. The van der Waals surface area contributed by atoms with Crippen LogP contribution < -0.4 is 0 Å². The standard InChI is InChI=1S/C25H23FN4O2/c26-20-7-5-17(6-8-20)21-16-30(25(32)19-4-2-11-28-14-19)23-9-12-29(15-22(21)23)24(31)18-3-1-10-27-13-18/h1-8,10-11,13-14,21-23H,9,12,15-16H2/t21-,22-,23-/m1/s1. The zero-order valence-corrected chi connectivity index (χ0v) is 17.5. The van der Waals surface area contributed by atoms with E-state index in [1.807, 2.05) is 9.80 Å². The van der Waals surface area contributed by atoms with Crippen LogP contribution in [0.25, 0.3) is 0 Å². The number of pyridine rings is 2. The molecule has 2 aliphatic heterocycles. The molecule has 2 aromatic heterocycles. The Bertz CT molecular complexity index is 1110. The molecular formula is C25H23FN4O2. The highest BCUT2D eigenvalue weighted by Crippen LogP contribution is 2.42. The van der Waals surface area contributed by atoms with Crippen molar-refractivity contribution in [3.05, 3.63) is 95.8 Å². The van der Waals surface area contributed by atoms with Crippen molar-refractivity contribution in [2.45, 2.75) is 18.4 Å². The maximum Gasteiger partial charge on any atom is 0.255 e. The van der Waals surface area contributed by atoms with Gasteiger partial charge in [-0.1, -0.05) is 12.1 Å². The van der Waals surface area contributed by atoms with Crippen LogP contribution in [0, 0.1) is 11.7 Å². The van der Waals surface area contributed by atoms with Crippen molar-refractivity contribution in [2.75, 3.05) is 19.6 Å². The van der Waals surface area contributed by atoms with Gasteiger partial charge in [0.15, 0.2) is 0 Å². The summed E-state index contributed by atoms with van der Waals surface area (Å²) < 4.78 is 13.6. The van der Waals surface area contributed by atoms with Crippen LogP contribution >= 0.6 is 0 Å². The van der Waals surface area contributed by atoms with Gasteiger partial charge in [0.05, 0.1) is 11.1 Å². The summed E-state index contributed by atoms with van der Waals surface area (Å²) in [5, 5.41) is 0. The van der Waals surface area contributed by atoms with E-state index in [9.17, 15) is 14.0 Å². The Hall–Kier alpha value is -3.61. The second-order valence-corrected chi connectivity index (χ2v) is 8.37. The van der Waals surface area contributed by atoms with Crippen LogP contribution in [0.1, 0.15) is 38.6 Å². The summed E-state index contributed by atoms with van der Waals surface area (Å²) >= 11 is 0. The average molecular weight is 430 g/mol. The number of carbonyl (C=O) groups is 2. The third kappa shape index (κ3) is 3.75. The molecule has 5 rings (SSSR count). The van der Waals surface area contributed by atoms with E-state index in [4.69, 9.17) is 0 Å². The first-order valence-electron chi connectivity index (χ1n) is 10.8. The number of halogens is 1. The van der Waals surface area contributed by atoms with Crippen molar-refractivity contribution >= 4 is 11.8 Å². The molecule has 1 aromatic carbocycles. The minimum absolute atomic E-state index is 0.00991. The van der Waals surface area contributed by atoms with Crippen molar-refractivity contribution in [2.24, 2.45) is 5.92 Å². The lowest BCUT2D eigenvalue weighted by Gasteiger charge is -2.39. The fourth-order valence-electron chi connectivity index (χ4n) is 5.04. The first-order chi connectivity index (χ1) is 15.6. The monoisotopic (exact) mass is 430 g/mol. The van der Waals surface area contributed by atoms with Gasteiger partial charge in [0, 0.05) is 62.3 Å². The van der Waals surface area contributed by atoms with Gasteiger partial charge in [0.25, 0.3) is 11.8 Å². The minimum Gasteiger partial charge on any atom is -0.338 e. The predicted octanol–water partition coefficient (Wildman–Crippen LogP) is 3.39. The van der Waals surface area contributed by atoms with Gasteiger partial charge in [-0.25, -0.2) is 4.39 Å². The highest BCUT2D eigenvalue weighted by molar-refractivity contribution is 5.95. The van der Waals surface area contributed by atoms with Gasteiger partial charge < -0.3 is 9.80 Å². The highest BCUT2D eigenvalue weighted by atomic mass is 19.1. The molecule has 0 spiro atoms. The molecule has 3 atom stereocenters. The largest absolute Gasteiger partial charge is 0.338 e. The quantitative estimate of drug-likeness (QED) is 0.639. The molecule has 0 radical (unpaired) electrons. The lowest BCUT2D eigenvalue weighted by molar-refractivity contribution is 0.0533. The lowest BCUT2D eigenvalue weighted by atomic mass is 9.81. The highest BCUT2D eigenvalue weighted by Gasteiger charge is 2.47. The van der Waals surface area contributed by atoms with Crippen LogP contribution in [0.15, 0.2) is 73.3 Å². The Morgan fingerprint density at radius 3 is 2.16 bits per heavy atom. The maximum atomic E-state index is 13.6. The van der Waals surface area contributed by atoms with Crippen molar-refractivity contribution < 1.29 is 14.0 Å². The molecule has 0 aliphatic carbocycles. The molecular weight excluding hydrogens is 407 g/mol. The number of fused-ring (bicyclic) bond motifs is 1. The lowest BCUT2D eigenvalue weighted by Crippen LogP contribution is -2.49. The van der Waals surface area contributed by atoms with E-state index >= 15 is 0 Å². The number of likely N-dealkylation sites (tertiary alicyclic amines) is 2. The maximum absolute atomic E-state index is 13.6. The van der Waals surface area contributed by atoms with Crippen LogP contribution in [-0.4, -0.2) is 57.3 Å². The number of aromatic nitrogens is 2. The number of amides is 2. The fraction of sp³-hybridized carbons (Fsp3) is 0.280. The Morgan fingerprint density at radius 2 is 1.53 bits per heavy atom. The first-order valence-corrected chi connectivity index (χ1v) is 10.8. The number of nitrogens with zero attached hydrogens (tertiary/aromatic N) is 4. The van der Waals surface area contributed by atoms with Crippen molar-refractivity contribution in [3.63, 3.8) is 0 Å². The van der Waals surface area contributed by atoms with Gasteiger partial charge in [0.2, 0.25) is 0 Å². The number of piperidine rings is 1. The Labute approximate surface area is 185 Å². The second kappa shape index (κ2) is 8.49. The van der Waals surface area contributed by atoms with Gasteiger partial charge in [-0.15, -0.1) is 0 Å². The van der Waals surface area contributed by atoms with E-state index in [2.05, 4.69) is 9.97 Å². The summed E-state index contributed by atoms with van der Waals surface area (Å²) in [6, 6.07) is 13.6. The Kier molecular flexibility index (Phi) is 5.39. The van der Waals surface area contributed by atoms with E-state index in [-0.39, 0.29) is 35.5 Å². The summed E-state index contributed by atoms with van der Waals surface area (Å²) in [5.41, 5.74) is 2.10. The Morgan fingerprint density at radius 1 is 0.875 bits per heavy atom. The van der Waals surface area contributed by atoms with Crippen molar-refractivity contribution in [3.8, 4) is 0 Å². The molecule has 4 heterocycles.